The molecule has 0 aliphatic heterocycles. The molecule has 0 saturated carbocycles. The number of nitro benzene ring substituents is 1. The summed E-state index contributed by atoms with van der Waals surface area (Å²) in [6, 6.07) is 2.81. The van der Waals surface area contributed by atoms with Crippen molar-refractivity contribution >= 4 is 16.7 Å². The first-order valence-corrected chi connectivity index (χ1v) is 5.49. The number of fused-ring (bicyclic) bond motifs is 1. The van der Waals surface area contributed by atoms with Crippen molar-refractivity contribution in [3.8, 4) is 5.69 Å². The summed E-state index contributed by atoms with van der Waals surface area (Å²) >= 11 is 0. The second-order valence-electron chi connectivity index (χ2n) is 4.02. The summed E-state index contributed by atoms with van der Waals surface area (Å²) in [7, 11) is 0. The van der Waals surface area contributed by atoms with Gasteiger partial charge < -0.3 is 14.5 Å². The molecule has 20 heavy (non-hydrogen) atoms. The number of hydrogen-bond acceptors (Lipinski definition) is 5. The maximum absolute atomic E-state index is 11.3. The highest BCUT2D eigenvalue weighted by atomic mass is 16.6. The van der Waals surface area contributed by atoms with Crippen molar-refractivity contribution in [2.45, 2.75) is 0 Å². The van der Waals surface area contributed by atoms with Crippen LogP contribution in [0.25, 0.3) is 16.7 Å². The largest absolute Gasteiger partial charge is 0.316 e. The molecule has 0 saturated heterocycles. The summed E-state index contributed by atoms with van der Waals surface area (Å²) in [6.45, 7) is 0. The predicted molar refractivity (Wildman–Crippen MR) is 69.0 cm³/mol. The van der Waals surface area contributed by atoms with E-state index in [0.29, 0.717) is 5.69 Å². The van der Waals surface area contributed by atoms with Gasteiger partial charge in [0, 0.05) is 18.5 Å². The Hall–Kier alpha value is -3.23. The van der Waals surface area contributed by atoms with Crippen molar-refractivity contribution in [2.24, 2.45) is 0 Å². The van der Waals surface area contributed by atoms with Gasteiger partial charge in [-0.25, -0.2) is 4.98 Å². The molecule has 3 rings (SSSR count). The van der Waals surface area contributed by atoms with E-state index in [1.54, 1.807) is 10.8 Å². The van der Waals surface area contributed by atoms with Crippen molar-refractivity contribution in [2.75, 3.05) is 0 Å². The summed E-state index contributed by atoms with van der Waals surface area (Å²) in [5, 5.41) is 11.1. The molecule has 0 fully saturated rings. The molecule has 0 aliphatic rings. The SMILES string of the molecule is O=c1[nH]c2cc(-n3ccnc3)cc([N+](=O)[O-])c2[nH]c1=O. The molecule has 0 unspecified atom stereocenters. The molecule has 3 aromatic rings. The Morgan fingerprint density at radius 3 is 2.60 bits per heavy atom. The van der Waals surface area contributed by atoms with Crippen molar-refractivity contribution in [1.82, 2.24) is 19.5 Å². The highest BCUT2D eigenvalue weighted by molar-refractivity contribution is 5.86. The number of hydrogen-bond donors (Lipinski definition) is 2. The van der Waals surface area contributed by atoms with Gasteiger partial charge >= 0.3 is 11.1 Å². The van der Waals surface area contributed by atoms with E-state index in [-0.39, 0.29) is 16.7 Å². The quantitative estimate of drug-likeness (QED) is 0.394. The Labute approximate surface area is 109 Å². The van der Waals surface area contributed by atoms with E-state index in [9.17, 15) is 19.7 Å². The summed E-state index contributed by atoms with van der Waals surface area (Å²) in [4.78, 5) is 41.5. The standard InChI is InChI=1S/C11H7N5O4/c17-10-11(18)14-9-7(13-10)3-6(4-8(9)16(19)20)15-2-1-12-5-15/h1-5H,(H,13,17)(H,14,18). The number of nitrogens with zero attached hydrogens (tertiary/aromatic N) is 3. The van der Waals surface area contributed by atoms with E-state index in [4.69, 9.17) is 0 Å². The van der Waals surface area contributed by atoms with Gasteiger partial charge in [0.25, 0.3) is 5.69 Å². The minimum Gasteiger partial charge on any atom is -0.316 e. The molecule has 0 aliphatic carbocycles. The molecular weight excluding hydrogens is 266 g/mol. The van der Waals surface area contributed by atoms with Gasteiger partial charge in [-0.1, -0.05) is 0 Å². The highest BCUT2D eigenvalue weighted by Crippen LogP contribution is 2.25. The Bertz CT molecular complexity index is 922. The average Bonchev–Trinajstić information content (AvgIpc) is 2.92. The maximum Gasteiger partial charge on any atom is 0.314 e. The molecule has 9 heteroatoms. The van der Waals surface area contributed by atoms with Crippen molar-refractivity contribution in [3.05, 3.63) is 61.7 Å². The molecule has 1 aromatic carbocycles. The van der Waals surface area contributed by atoms with Crippen molar-refractivity contribution in [1.29, 1.82) is 0 Å². The fraction of sp³-hybridized carbons (Fsp3) is 0. The average molecular weight is 273 g/mol. The van der Waals surface area contributed by atoms with Gasteiger partial charge in [-0.05, 0) is 6.07 Å². The minimum absolute atomic E-state index is 0.0246. The van der Waals surface area contributed by atoms with Gasteiger partial charge in [-0.15, -0.1) is 0 Å². The van der Waals surface area contributed by atoms with Crippen LogP contribution < -0.4 is 11.1 Å². The predicted octanol–water partition coefficient (Wildman–Crippen LogP) is 0.310. The van der Waals surface area contributed by atoms with Gasteiger partial charge in [0.1, 0.15) is 5.52 Å². The zero-order chi connectivity index (χ0) is 14.3. The molecule has 0 spiro atoms. The third kappa shape index (κ3) is 1.77. The smallest absolute Gasteiger partial charge is 0.314 e. The Morgan fingerprint density at radius 1 is 1.20 bits per heavy atom. The number of imidazole rings is 1. The molecule has 0 amide bonds. The first-order valence-electron chi connectivity index (χ1n) is 5.49. The molecule has 0 radical (unpaired) electrons. The van der Waals surface area contributed by atoms with Gasteiger partial charge in [0.15, 0.2) is 0 Å². The van der Waals surface area contributed by atoms with Gasteiger partial charge in [-0.2, -0.15) is 0 Å². The van der Waals surface area contributed by atoms with E-state index in [1.165, 1.54) is 24.7 Å². The molecule has 2 heterocycles. The van der Waals surface area contributed by atoms with Gasteiger partial charge in [0.2, 0.25) is 0 Å². The van der Waals surface area contributed by atoms with Crippen LogP contribution in [0.4, 0.5) is 5.69 Å². The fourth-order valence-electron chi connectivity index (χ4n) is 1.90. The first-order chi connectivity index (χ1) is 9.56. The number of nitrogens with one attached hydrogen (secondary N) is 2. The highest BCUT2D eigenvalue weighted by Gasteiger charge is 2.16. The summed E-state index contributed by atoms with van der Waals surface area (Å²) in [5.74, 6) is 0. The maximum atomic E-state index is 11.3. The van der Waals surface area contributed by atoms with Gasteiger partial charge in [0.05, 0.1) is 22.5 Å². The molecule has 9 nitrogen and oxygen atoms in total. The topological polar surface area (TPSA) is 127 Å². The van der Waals surface area contributed by atoms with Crippen molar-refractivity contribution in [3.63, 3.8) is 0 Å². The first kappa shape index (κ1) is 11.8. The minimum atomic E-state index is -0.934. The van der Waals surface area contributed by atoms with E-state index in [0.717, 1.165) is 0 Å². The molecule has 0 bridgehead atoms. The second-order valence-corrected chi connectivity index (χ2v) is 4.02. The number of benzene rings is 1. The lowest BCUT2D eigenvalue weighted by molar-refractivity contribution is -0.383. The lowest BCUT2D eigenvalue weighted by atomic mass is 10.2. The van der Waals surface area contributed by atoms with E-state index in [1.807, 2.05) is 0 Å². The van der Waals surface area contributed by atoms with Crippen LogP contribution in [0.2, 0.25) is 0 Å². The number of non-ortho nitro benzene ring substituents is 1. The fourth-order valence-corrected chi connectivity index (χ4v) is 1.90. The second kappa shape index (κ2) is 4.16. The number of rotatable bonds is 2. The Kier molecular flexibility index (Phi) is 2.46. The van der Waals surface area contributed by atoms with Crippen LogP contribution in [0.15, 0.2) is 40.4 Å². The van der Waals surface area contributed by atoms with Crippen LogP contribution in [0, 0.1) is 10.1 Å². The van der Waals surface area contributed by atoms with Crippen LogP contribution in [-0.2, 0) is 0 Å². The summed E-state index contributed by atoms with van der Waals surface area (Å²) in [5.41, 5.74) is -1.51. The summed E-state index contributed by atoms with van der Waals surface area (Å²) < 4.78 is 1.55. The number of aromatic amines is 2. The van der Waals surface area contributed by atoms with Gasteiger partial charge in [-0.3, -0.25) is 19.7 Å². The summed E-state index contributed by atoms with van der Waals surface area (Å²) in [6.07, 6.45) is 4.59. The molecule has 2 N–H and O–H groups in total. The van der Waals surface area contributed by atoms with Crippen LogP contribution in [0.3, 0.4) is 0 Å². The lowest BCUT2D eigenvalue weighted by Crippen LogP contribution is -2.29. The normalized spacial score (nSPS) is 10.8. The van der Waals surface area contributed by atoms with Crippen LogP contribution in [0.5, 0.6) is 0 Å². The van der Waals surface area contributed by atoms with Crippen LogP contribution in [0.1, 0.15) is 0 Å². The van der Waals surface area contributed by atoms with Crippen LogP contribution >= 0.6 is 0 Å². The van der Waals surface area contributed by atoms with Crippen LogP contribution in [-0.4, -0.2) is 24.4 Å². The molecular formula is C11H7N5O4. The van der Waals surface area contributed by atoms with Crippen molar-refractivity contribution < 1.29 is 4.92 Å². The number of aromatic nitrogens is 4. The Balaban J connectivity index is 2.43. The third-order valence-corrected chi connectivity index (χ3v) is 2.79. The molecule has 100 valence electrons. The van der Waals surface area contributed by atoms with E-state index >= 15 is 0 Å². The lowest BCUT2D eigenvalue weighted by Gasteiger charge is -2.05. The number of nitro groups is 1. The number of H-pyrrole nitrogens is 2. The monoisotopic (exact) mass is 273 g/mol. The zero-order valence-electron chi connectivity index (χ0n) is 9.86. The van der Waals surface area contributed by atoms with E-state index < -0.39 is 16.0 Å². The Morgan fingerprint density at radius 2 is 1.95 bits per heavy atom. The molecule has 0 atom stereocenters. The zero-order valence-corrected chi connectivity index (χ0v) is 9.86. The molecule has 2 aromatic heterocycles. The third-order valence-electron chi connectivity index (χ3n) is 2.79. The van der Waals surface area contributed by atoms with E-state index in [2.05, 4.69) is 15.0 Å².